The molecule has 0 spiro atoms. The van der Waals surface area contributed by atoms with E-state index in [2.05, 4.69) is 24.1 Å². The molecule has 0 radical (unpaired) electrons. The third-order valence-corrected chi connectivity index (χ3v) is 4.84. The highest BCUT2D eigenvalue weighted by Gasteiger charge is 2.41. The molecule has 4 nitrogen and oxygen atoms in total. The molecule has 2 N–H and O–H groups in total. The van der Waals surface area contributed by atoms with E-state index in [9.17, 15) is 9.90 Å². The molecule has 1 aliphatic heterocycles. The van der Waals surface area contributed by atoms with Crippen molar-refractivity contribution >= 4 is 17.7 Å². The Morgan fingerprint density at radius 3 is 2.61 bits per heavy atom. The molecule has 0 aromatic carbocycles. The van der Waals surface area contributed by atoms with Gasteiger partial charge in [-0.15, -0.1) is 0 Å². The van der Waals surface area contributed by atoms with E-state index in [-0.39, 0.29) is 17.4 Å². The summed E-state index contributed by atoms with van der Waals surface area (Å²) in [5.74, 6) is 1.16. The molecule has 1 saturated heterocycles. The van der Waals surface area contributed by atoms with Gasteiger partial charge < -0.3 is 15.3 Å². The van der Waals surface area contributed by atoms with Crippen LogP contribution >= 0.6 is 11.8 Å². The lowest BCUT2D eigenvalue weighted by atomic mass is 9.84. The van der Waals surface area contributed by atoms with Gasteiger partial charge >= 0.3 is 0 Å². The van der Waals surface area contributed by atoms with Crippen LogP contribution < -0.4 is 5.32 Å². The van der Waals surface area contributed by atoms with Crippen molar-refractivity contribution in [3.63, 3.8) is 0 Å². The van der Waals surface area contributed by atoms with Gasteiger partial charge in [-0.1, -0.05) is 13.8 Å². The van der Waals surface area contributed by atoms with Crippen molar-refractivity contribution in [2.75, 3.05) is 32.1 Å². The molecule has 0 aromatic rings. The van der Waals surface area contributed by atoms with Crippen LogP contribution in [-0.4, -0.2) is 59.7 Å². The van der Waals surface area contributed by atoms with Crippen LogP contribution in [0, 0.1) is 5.41 Å². The minimum absolute atomic E-state index is 0.0265. The second-order valence-electron chi connectivity index (χ2n) is 6.26. The van der Waals surface area contributed by atoms with Crippen LogP contribution in [0.2, 0.25) is 0 Å². The maximum absolute atomic E-state index is 12.1. The van der Waals surface area contributed by atoms with Gasteiger partial charge in [0, 0.05) is 18.3 Å². The molecule has 0 aromatic heterocycles. The van der Waals surface area contributed by atoms with Gasteiger partial charge in [0.15, 0.2) is 5.60 Å². The first-order valence-corrected chi connectivity index (χ1v) is 7.59. The van der Waals surface area contributed by atoms with Crippen molar-refractivity contribution < 1.29 is 9.90 Å². The summed E-state index contributed by atoms with van der Waals surface area (Å²) in [6.07, 6.45) is 0.560. The minimum Gasteiger partial charge on any atom is -0.379 e. The van der Waals surface area contributed by atoms with Crippen molar-refractivity contribution in [3.05, 3.63) is 0 Å². The van der Waals surface area contributed by atoms with E-state index in [0.717, 1.165) is 12.3 Å². The van der Waals surface area contributed by atoms with Gasteiger partial charge in [-0.3, -0.25) is 4.79 Å². The molecule has 0 bridgehead atoms. The van der Waals surface area contributed by atoms with Crippen LogP contribution in [0.1, 0.15) is 27.2 Å². The molecule has 1 heterocycles. The normalized spacial score (nSPS) is 26.4. The molecule has 1 rings (SSSR count). The summed E-state index contributed by atoms with van der Waals surface area (Å²) in [6.45, 7) is 7.16. The smallest absolute Gasteiger partial charge is 0.253 e. The summed E-state index contributed by atoms with van der Waals surface area (Å²) in [7, 11) is 4.05. The van der Waals surface area contributed by atoms with Crippen molar-refractivity contribution in [2.24, 2.45) is 5.41 Å². The minimum atomic E-state index is -1.16. The average molecular weight is 274 g/mol. The number of carbonyl (C=O) groups is 1. The fraction of sp³-hybridized carbons (Fsp3) is 0.923. The van der Waals surface area contributed by atoms with Gasteiger partial charge in [-0.05, 0) is 38.6 Å². The van der Waals surface area contributed by atoms with Crippen molar-refractivity contribution in [3.8, 4) is 0 Å². The molecule has 1 aliphatic rings. The molecule has 106 valence electrons. The number of nitrogens with one attached hydrogen (secondary N) is 1. The van der Waals surface area contributed by atoms with Gasteiger partial charge in [0.2, 0.25) is 0 Å². The summed E-state index contributed by atoms with van der Waals surface area (Å²) < 4.78 is 0. The highest BCUT2D eigenvalue weighted by atomic mass is 32.2. The fourth-order valence-electron chi connectivity index (χ4n) is 2.21. The van der Waals surface area contributed by atoms with E-state index < -0.39 is 5.60 Å². The molecular formula is C13H26N2O2S. The first-order valence-electron chi connectivity index (χ1n) is 6.43. The van der Waals surface area contributed by atoms with E-state index in [4.69, 9.17) is 0 Å². The first-order chi connectivity index (χ1) is 8.17. The lowest BCUT2D eigenvalue weighted by Gasteiger charge is -2.36. The average Bonchev–Trinajstić information content (AvgIpc) is 2.64. The van der Waals surface area contributed by atoms with Crippen LogP contribution in [-0.2, 0) is 4.79 Å². The Labute approximate surface area is 115 Å². The Morgan fingerprint density at radius 1 is 1.56 bits per heavy atom. The van der Waals surface area contributed by atoms with Gasteiger partial charge in [0.25, 0.3) is 5.91 Å². The van der Waals surface area contributed by atoms with Gasteiger partial charge in [-0.2, -0.15) is 11.8 Å². The Balaban J connectivity index is 2.58. The molecule has 1 amide bonds. The zero-order valence-electron chi connectivity index (χ0n) is 12.1. The number of hydrogen-bond donors (Lipinski definition) is 2. The van der Waals surface area contributed by atoms with Crippen LogP contribution in [0.3, 0.4) is 0 Å². The number of rotatable bonds is 5. The maximum Gasteiger partial charge on any atom is 0.253 e. The largest absolute Gasteiger partial charge is 0.379 e. The van der Waals surface area contributed by atoms with Gasteiger partial charge in [-0.25, -0.2) is 0 Å². The molecule has 18 heavy (non-hydrogen) atoms. The summed E-state index contributed by atoms with van der Waals surface area (Å²) in [5.41, 5.74) is -1.19. The molecule has 5 heteroatoms. The van der Waals surface area contributed by atoms with Crippen molar-refractivity contribution in [2.45, 2.75) is 38.8 Å². The van der Waals surface area contributed by atoms with Gasteiger partial charge in [0.1, 0.15) is 0 Å². The zero-order chi connectivity index (χ0) is 14.0. The highest BCUT2D eigenvalue weighted by Crippen LogP contribution is 2.29. The second-order valence-corrected chi connectivity index (χ2v) is 7.36. The third-order valence-electron chi connectivity index (χ3n) is 3.67. The first kappa shape index (κ1) is 15.8. The number of thioether (sulfide) groups is 1. The lowest BCUT2D eigenvalue weighted by molar-refractivity contribution is -0.138. The predicted octanol–water partition coefficient (Wildman–Crippen LogP) is 0.947. The molecule has 0 aliphatic carbocycles. The van der Waals surface area contributed by atoms with E-state index in [0.29, 0.717) is 12.2 Å². The highest BCUT2D eigenvalue weighted by molar-refractivity contribution is 7.99. The van der Waals surface area contributed by atoms with Crippen LogP contribution in [0.15, 0.2) is 0 Å². The summed E-state index contributed by atoms with van der Waals surface area (Å²) in [6, 6.07) is 0.0297. The molecule has 2 unspecified atom stereocenters. The number of amides is 1. The zero-order valence-corrected chi connectivity index (χ0v) is 12.9. The molecule has 1 fully saturated rings. The number of aliphatic hydroxyl groups is 1. The van der Waals surface area contributed by atoms with Crippen molar-refractivity contribution in [1.82, 2.24) is 10.2 Å². The number of nitrogens with zero attached hydrogens (tertiary/aromatic N) is 1. The topological polar surface area (TPSA) is 52.6 Å². The van der Waals surface area contributed by atoms with Crippen LogP contribution in [0.4, 0.5) is 0 Å². The fourth-order valence-corrected chi connectivity index (χ4v) is 3.45. The number of hydrogen-bond acceptors (Lipinski definition) is 4. The summed E-state index contributed by atoms with van der Waals surface area (Å²) in [5, 5.41) is 13.2. The SMILES string of the molecule is CC(NC(=O)C1(O)CCSC1)C(C)(C)CN(C)C. The quantitative estimate of drug-likeness (QED) is 0.784. The third kappa shape index (κ3) is 3.87. The predicted molar refractivity (Wildman–Crippen MR) is 76.8 cm³/mol. The Kier molecular flexibility index (Phi) is 5.09. The molecule has 0 saturated carbocycles. The van der Waals surface area contributed by atoms with Crippen LogP contribution in [0.25, 0.3) is 0 Å². The standard InChI is InChI=1S/C13H26N2O2S/c1-10(12(2,3)8-15(4)5)14-11(16)13(17)6-7-18-9-13/h10,17H,6-9H2,1-5H3,(H,14,16). The van der Waals surface area contributed by atoms with Gasteiger partial charge in [0.05, 0.1) is 0 Å². The lowest BCUT2D eigenvalue weighted by Crippen LogP contribution is -2.54. The van der Waals surface area contributed by atoms with E-state index in [1.807, 2.05) is 21.0 Å². The Hall–Kier alpha value is -0.260. The van der Waals surface area contributed by atoms with E-state index >= 15 is 0 Å². The monoisotopic (exact) mass is 274 g/mol. The van der Waals surface area contributed by atoms with Crippen molar-refractivity contribution in [1.29, 1.82) is 0 Å². The Bertz CT molecular complexity index is 299. The summed E-state index contributed by atoms with van der Waals surface area (Å²) in [4.78, 5) is 14.2. The van der Waals surface area contributed by atoms with E-state index in [1.54, 1.807) is 11.8 Å². The second kappa shape index (κ2) is 5.80. The Morgan fingerprint density at radius 2 is 2.17 bits per heavy atom. The van der Waals surface area contributed by atoms with E-state index in [1.165, 1.54) is 0 Å². The van der Waals surface area contributed by atoms with Crippen LogP contribution in [0.5, 0.6) is 0 Å². The molecular weight excluding hydrogens is 248 g/mol. The molecule has 2 atom stereocenters. The number of carbonyl (C=O) groups excluding carboxylic acids is 1. The maximum atomic E-state index is 12.1. The summed E-state index contributed by atoms with van der Waals surface area (Å²) >= 11 is 1.64.